The molecular weight excluding hydrogens is 402 g/mol. The Labute approximate surface area is 187 Å². The molecule has 1 unspecified atom stereocenters. The van der Waals surface area contributed by atoms with Crippen LogP contribution in [0.4, 0.5) is 5.69 Å². The van der Waals surface area contributed by atoms with Crippen LogP contribution in [0.1, 0.15) is 37.8 Å². The van der Waals surface area contributed by atoms with E-state index in [1.54, 1.807) is 19.2 Å². The molecule has 0 amide bonds. The summed E-state index contributed by atoms with van der Waals surface area (Å²) in [5.74, 6) is 0.745. The third-order valence-electron chi connectivity index (χ3n) is 6.63. The van der Waals surface area contributed by atoms with Crippen molar-refractivity contribution in [3.8, 4) is 5.75 Å². The number of aromatic amines is 1. The molecule has 1 saturated heterocycles. The van der Waals surface area contributed by atoms with Crippen molar-refractivity contribution in [2.75, 3.05) is 25.5 Å². The molecule has 1 atom stereocenters. The zero-order valence-electron chi connectivity index (χ0n) is 18.6. The molecule has 0 spiro atoms. The first-order chi connectivity index (χ1) is 15.6. The van der Waals surface area contributed by atoms with Crippen molar-refractivity contribution >= 4 is 27.6 Å². The predicted molar refractivity (Wildman–Crippen MR) is 129 cm³/mol. The number of hydrogen-bond acceptors (Lipinski definition) is 5. The molecule has 2 aromatic heterocycles. The third kappa shape index (κ3) is 3.98. The third-order valence-corrected chi connectivity index (χ3v) is 6.63. The molecule has 5 rings (SSSR count). The summed E-state index contributed by atoms with van der Waals surface area (Å²) in [6, 6.07) is 16.7. The maximum Gasteiger partial charge on any atom is 0.338 e. The van der Waals surface area contributed by atoms with E-state index in [1.807, 2.05) is 18.3 Å². The molecule has 0 aliphatic carbocycles. The number of rotatable bonds is 6. The first-order valence-electron chi connectivity index (χ1n) is 11.3. The number of ether oxygens (including phenoxy) is 1. The van der Waals surface area contributed by atoms with Crippen LogP contribution in [-0.4, -0.2) is 36.1 Å². The molecule has 1 aliphatic heterocycles. The topological polar surface area (TPSA) is 70.5 Å². The molecule has 0 saturated carbocycles. The van der Waals surface area contributed by atoms with Gasteiger partial charge in [0.2, 0.25) is 0 Å². The number of fused-ring (bicyclic) bond motifs is 2. The molecule has 2 N–H and O–H groups in total. The van der Waals surface area contributed by atoms with Crippen LogP contribution in [0.3, 0.4) is 0 Å². The molecule has 3 heterocycles. The summed E-state index contributed by atoms with van der Waals surface area (Å²) >= 11 is 0. The second-order valence-corrected chi connectivity index (χ2v) is 8.54. The van der Waals surface area contributed by atoms with Crippen molar-refractivity contribution in [2.45, 2.75) is 38.3 Å². The fourth-order valence-corrected chi connectivity index (χ4v) is 4.95. The van der Waals surface area contributed by atoms with Gasteiger partial charge in [-0.15, -0.1) is 0 Å². The quantitative estimate of drug-likeness (QED) is 0.405. The lowest BCUT2D eigenvalue weighted by molar-refractivity contribution is 0.153. The van der Waals surface area contributed by atoms with Crippen molar-refractivity contribution in [1.82, 2.24) is 9.88 Å². The summed E-state index contributed by atoms with van der Waals surface area (Å²) in [5, 5.41) is 5.75. The normalized spacial score (nSPS) is 16.4. The van der Waals surface area contributed by atoms with Gasteiger partial charge in [0.15, 0.2) is 0 Å². The van der Waals surface area contributed by atoms with E-state index in [4.69, 9.17) is 9.15 Å². The Morgan fingerprint density at radius 1 is 1.16 bits per heavy atom. The van der Waals surface area contributed by atoms with Gasteiger partial charge in [0, 0.05) is 48.3 Å². The number of methoxy groups -OCH3 is 1. The summed E-state index contributed by atoms with van der Waals surface area (Å²) in [5.41, 5.74) is 3.62. The largest absolute Gasteiger partial charge is 0.497 e. The lowest BCUT2D eigenvalue weighted by Gasteiger charge is -2.38. The van der Waals surface area contributed by atoms with E-state index in [0.717, 1.165) is 49.2 Å². The highest BCUT2D eigenvalue weighted by Crippen LogP contribution is 2.32. The average molecular weight is 432 g/mol. The summed E-state index contributed by atoms with van der Waals surface area (Å²) in [6.07, 6.45) is 5.12. The van der Waals surface area contributed by atoms with Gasteiger partial charge in [-0.1, -0.05) is 13.0 Å². The van der Waals surface area contributed by atoms with E-state index in [2.05, 4.69) is 46.4 Å². The molecule has 1 fully saturated rings. The van der Waals surface area contributed by atoms with Crippen molar-refractivity contribution in [2.24, 2.45) is 0 Å². The molecule has 32 heavy (non-hydrogen) atoms. The Morgan fingerprint density at radius 2 is 2.00 bits per heavy atom. The number of anilines is 1. The van der Waals surface area contributed by atoms with Crippen molar-refractivity contribution in [3.63, 3.8) is 0 Å². The van der Waals surface area contributed by atoms with Gasteiger partial charge in [0.25, 0.3) is 0 Å². The summed E-state index contributed by atoms with van der Waals surface area (Å²) < 4.78 is 10.7. The maximum absolute atomic E-state index is 12.1. The molecule has 166 valence electrons. The van der Waals surface area contributed by atoms with Crippen LogP contribution in [0.5, 0.6) is 5.75 Å². The Hall–Kier alpha value is -3.25. The van der Waals surface area contributed by atoms with Crippen LogP contribution in [0.25, 0.3) is 21.9 Å². The number of likely N-dealkylation sites (tertiary alicyclic amines) is 1. The van der Waals surface area contributed by atoms with Gasteiger partial charge >= 0.3 is 5.63 Å². The highest BCUT2D eigenvalue weighted by atomic mass is 16.5. The summed E-state index contributed by atoms with van der Waals surface area (Å²) in [4.78, 5) is 17.9. The molecule has 0 radical (unpaired) electrons. The number of hydrogen-bond donors (Lipinski definition) is 2. The van der Waals surface area contributed by atoms with Crippen molar-refractivity contribution in [1.29, 1.82) is 0 Å². The molecular formula is C26H29N3O3. The van der Waals surface area contributed by atoms with Crippen LogP contribution in [0, 0.1) is 0 Å². The molecule has 2 aromatic carbocycles. The highest BCUT2D eigenvalue weighted by Gasteiger charge is 2.26. The van der Waals surface area contributed by atoms with E-state index >= 15 is 0 Å². The minimum Gasteiger partial charge on any atom is -0.497 e. The number of benzene rings is 2. The van der Waals surface area contributed by atoms with Gasteiger partial charge < -0.3 is 19.5 Å². The van der Waals surface area contributed by atoms with E-state index < -0.39 is 0 Å². The van der Waals surface area contributed by atoms with Crippen LogP contribution < -0.4 is 15.7 Å². The summed E-state index contributed by atoms with van der Waals surface area (Å²) in [6.45, 7) is 4.30. The van der Waals surface area contributed by atoms with Gasteiger partial charge in [0.05, 0.1) is 12.8 Å². The zero-order chi connectivity index (χ0) is 22.1. The number of nitrogens with zero attached hydrogens (tertiary/aromatic N) is 1. The monoisotopic (exact) mass is 431 g/mol. The van der Waals surface area contributed by atoms with E-state index in [1.165, 1.54) is 16.5 Å². The van der Waals surface area contributed by atoms with Crippen molar-refractivity contribution in [3.05, 3.63) is 70.7 Å². The lowest BCUT2D eigenvalue weighted by atomic mass is 9.96. The van der Waals surface area contributed by atoms with Gasteiger partial charge in [-0.25, -0.2) is 4.79 Å². The van der Waals surface area contributed by atoms with Crippen LogP contribution >= 0.6 is 0 Å². The van der Waals surface area contributed by atoms with E-state index in [0.29, 0.717) is 17.7 Å². The number of nitrogens with one attached hydrogen (secondary N) is 2. The standard InChI is InChI=1S/C26H29N3O3/c1-3-24(18-4-6-22-17(14-18)8-11-27-22)29-12-9-19(10-13-29)28-23-16-26(30)32-25-7-5-20(31-2)15-21(23)25/h4-8,11,14-16,19,24,27-28H,3,9-10,12-13H2,1-2H3. The van der Waals surface area contributed by atoms with Crippen LogP contribution in [-0.2, 0) is 0 Å². The van der Waals surface area contributed by atoms with Gasteiger partial charge in [0.1, 0.15) is 11.3 Å². The van der Waals surface area contributed by atoms with Gasteiger partial charge in [-0.05, 0) is 66.6 Å². The molecule has 1 aliphatic rings. The van der Waals surface area contributed by atoms with Gasteiger partial charge in [-0.2, -0.15) is 0 Å². The Bertz CT molecular complexity index is 1280. The summed E-state index contributed by atoms with van der Waals surface area (Å²) in [7, 11) is 1.64. The van der Waals surface area contributed by atoms with E-state index in [-0.39, 0.29) is 5.63 Å². The molecule has 0 bridgehead atoms. The van der Waals surface area contributed by atoms with Crippen LogP contribution in [0.2, 0.25) is 0 Å². The number of piperidine rings is 1. The molecule has 4 aromatic rings. The minimum atomic E-state index is -0.339. The predicted octanol–water partition coefficient (Wildman–Crippen LogP) is 5.31. The number of H-pyrrole nitrogens is 1. The maximum atomic E-state index is 12.1. The van der Waals surface area contributed by atoms with Crippen molar-refractivity contribution < 1.29 is 9.15 Å². The van der Waals surface area contributed by atoms with Crippen LogP contribution in [0.15, 0.2) is 63.9 Å². The second kappa shape index (κ2) is 8.71. The zero-order valence-corrected chi connectivity index (χ0v) is 18.6. The Kier molecular flexibility index (Phi) is 5.62. The van der Waals surface area contributed by atoms with Gasteiger partial charge in [-0.3, -0.25) is 4.90 Å². The average Bonchev–Trinajstić information content (AvgIpc) is 3.28. The molecule has 6 nitrogen and oxygen atoms in total. The fraction of sp³-hybridized carbons (Fsp3) is 0.346. The minimum absolute atomic E-state index is 0.312. The first-order valence-corrected chi connectivity index (χ1v) is 11.3. The number of aromatic nitrogens is 1. The Balaban J connectivity index is 1.31. The first kappa shape index (κ1) is 20.6. The smallest absolute Gasteiger partial charge is 0.338 e. The van der Waals surface area contributed by atoms with E-state index in [9.17, 15) is 4.79 Å². The Morgan fingerprint density at radius 3 is 2.78 bits per heavy atom. The highest BCUT2D eigenvalue weighted by molar-refractivity contribution is 5.90. The molecule has 6 heteroatoms. The lowest BCUT2D eigenvalue weighted by Crippen LogP contribution is -2.41. The second-order valence-electron chi connectivity index (χ2n) is 8.54. The SMILES string of the molecule is CCC(c1ccc2[nH]ccc2c1)N1CCC(Nc2cc(=O)oc3ccc(OC)cc23)CC1. The fourth-order valence-electron chi connectivity index (χ4n) is 4.95.